The molecule has 1 N–H and O–H groups in total. The Morgan fingerprint density at radius 3 is 2.88 bits per heavy atom. The summed E-state index contributed by atoms with van der Waals surface area (Å²) in [7, 11) is -3.52. The summed E-state index contributed by atoms with van der Waals surface area (Å²) in [5.41, 5.74) is 1.58. The molecule has 2 heterocycles. The predicted octanol–water partition coefficient (Wildman–Crippen LogP) is 3.75. The zero-order valence-electron chi connectivity index (χ0n) is 13.7. The second-order valence-corrected chi connectivity index (χ2v) is 9.63. The third kappa shape index (κ3) is 4.06. The van der Waals surface area contributed by atoms with Gasteiger partial charge in [0.15, 0.2) is 0 Å². The van der Waals surface area contributed by atoms with E-state index in [1.807, 2.05) is 13.0 Å². The third-order valence-corrected chi connectivity index (χ3v) is 7.77. The molecular weight excluding hydrogens is 380 g/mol. The van der Waals surface area contributed by atoms with E-state index in [1.165, 1.54) is 15.6 Å². The molecule has 1 aliphatic rings. The number of thiophene rings is 1. The Labute approximate surface area is 156 Å². The van der Waals surface area contributed by atoms with Crippen molar-refractivity contribution < 1.29 is 13.2 Å². The van der Waals surface area contributed by atoms with E-state index in [1.54, 1.807) is 29.6 Å². The standard InChI is InChI=1S/C17H19ClN2O3S2/c1-12-6-7-14(18)10-15(12)19-17(21)13-4-2-8-20(11-13)25(22,23)16-5-3-9-24-16/h3,5-7,9-10,13H,2,4,8,11H2,1H3,(H,19,21). The first-order chi connectivity index (χ1) is 11.9. The van der Waals surface area contributed by atoms with Crippen molar-refractivity contribution in [1.29, 1.82) is 0 Å². The SMILES string of the molecule is Cc1ccc(Cl)cc1NC(=O)C1CCCN(S(=O)(=O)c2cccs2)C1. The summed E-state index contributed by atoms with van der Waals surface area (Å²) in [5.74, 6) is -0.543. The lowest BCUT2D eigenvalue weighted by atomic mass is 9.98. The average Bonchev–Trinajstić information content (AvgIpc) is 3.13. The van der Waals surface area contributed by atoms with E-state index in [9.17, 15) is 13.2 Å². The van der Waals surface area contributed by atoms with Crippen molar-refractivity contribution in [3.63, 3.8) is 0 Å². The highest BCUT2D eigenvalue weighted by Gasteiger charge is 2.33. The van der Waals surface area contributed by atoms with Gasteiger partial charge in [0.05, 0.1) is 5.92 Å². The highest BCUT2D eigenvalue weighted by atomic mass is 35.5. The first-order valence-corrected chi connectivity index (χ1v) is 10.7. The van der Waals surface area contributed by atoms with Crippen LogP contribution in [0.2, 0.25) is 5.02 Å². The molecule has 2 aromatic rings. The maximum atomic E-state index is 12.7. The van der Waals surface area contributed by atoms with Gasteiger partial charge in [-0.15, -0.1) is 11.3 Å². The van der Waals surface area contributed by atoms with Crippen molar-refractivity contribution in [2.24, 2.45) is 5.92 Å². The molecule has 5 nitrogen and oxygen atoms in total. The lowest BCUT2D eigenvalue weighted by Crippen LogP contribution is -2.43. The fourth-order valence-corrected chi connectivity index (χ4v) is 5.72. The highest BCUT2D eigenvalue weighted by Crippen LogP contribution is 2.28. The Balaban J connectivity index is 1.73. The predicted molar refractivity (Wildman–Crippen MR) is 101 cm³/mol. The molecule has 0 aliphatic carbocycles. The third-order valence-electron chi connectivity index (χ3n) is 4.30. The summed E-state index contributed by atoms with van der Waals surface area (Å²) >= 11 is 7.18. The van der Waals surface area contributed by atoms with Gasteiger partial charge in [0.1, 0.15) is 4.21 Å². The van der Waals surface area contributed by atoms with Gasteiger partial charge in [-0.25, -0.2) is 8.42 Å². The second-order valence-electron chi connectivity index (χ2n) is 6.08. The minimum Gasteiger partial charge on any atom is -0.326 e. The number of nitrogens with one attached hydrogen (secondary N) is 1. The number of piperidine rings is 1. The lowest BCUT2D eigenvalue weighted by Gasteiger charge is -2.30. The molecule has 0 saturated carbocycles. The molecule has 1 saturated heterocycles. The van der Waals surface area contributed by atoms with Crippen LogP contribution in [-0.4, -0.2) is 31.7 Å². The number of amides is 1. The zero-order chi connectivity index (χ0) is 18.0. The molecular formula is C17H19ClN2O3S2. The first-order valence-electron chi connectivity index (χ1n) is 7.98. The van der Waals surface area contributed by atoms with Gasteiger partial charge >= 0.3 is 0 Å². The van der Waals surface area contributed by atoms with Gasteiger partial charge in [-0.05, 0) is 48.9 Å². The summed E-state index contributed by atoms with van der Waals surface area (Å²) in [6.45, 7) is 2.53. The Bertz CT molecular complexity index is 866. The molecule has 1 aromatic heterocycles. The van der Waals surface area contributed by atoms with Crippen molar-refractivity contribution >= 4 is 44.6 Å². The molecule has 1 amide bonds. The van der Waals surface area contributed by atoms with Crippen molar-refractivity contribution in [2.75, 3.05) is 18.4 Å². The number of hydrogen-bond acceptors (Lipinski definition) is 4. The zero-order valence-corrected chi connectivity index (χ0v) is 16.1. The summed E-state index contributed by atoms with van der Waals surface area (Å²) < 4.78 is 27.1. The Kier molecular flexibility index (Phi) is 5.48. The van der Waals surface area contributed by atoms with Gasteiger partial charge in [0, 0.05) is 23.8 Å². The van der Waals surface area contributed by atoms with Crippen molar-refractivity contribution in [3.8, 4) is 0 Å². The number of carbonyl (C=O) groups is 1. The summed E-state index contributed by atoms with van der Waals surface area (Å²) in [6.07, 6.45) is 1.33. The minimum atomic E-state index is -3.52. The molecule has 1 atom stereocenters. The molecule has 0 bridgehead atoms. The monoisotopic (exact) mass is 398 g/mol. The molecule has 0 radical (unpaired) electrons. The molecule has 1 aliphatic heterocycles. The molecule has 25 heavy (non-hydrogen) atoms. The highest BCUT2D eigenvalue weighted by molar-refractivity contribution is 7.91. The number of rotatable bonds is 4. The summed E-state index contributed by atoms with van der Waals surface area (Å²) in [5, 5.41) is 5.17. The van der Waals surface area contributed by atoms with E-state index >= 15 is 0 Å². The number of anilines is 1. The molecule has 1 fully saturated rings. The lowest BCUT2D eigenvalue weighted by molar-refractivity contribution is -0.120. The topological polar surface area (TPSA) is 66.5 Å². The van der Waals surface area contributed by atoms with Gasteiger partial charge < -0.3 is 5.32 Å². The van der Waals surface area contributed by atoms with E-state index in [0.29, 0.717) is 34.3 Å². The molecule has 0 spiro atoms. The normalized spacial score (nSPS) is 18.9. The van der Waals surface area contributed by atoms with E-state index in [0.717, 1.165) is 5.56 Å². The smallest absolute Gasteiger partial charge is 0.252 e. The molecule has 8 heteroatoms. The number of carbonyl (C=O) groups excluding carboxylic acids is 1. The quantitative estimate of drug-likeness (QED) is 0.852. The van der Waals surface area contributed by atoms with Crippen LogP contribution in [0.25, 0.3) is 0 Å². The number of halogens is 1. The van der Waals surface area contributed by atoms with Gasteiger partial charge in [-0.2, -0.15) is 4.31 Å². The van der Waals surface area contributed by atoms with Crippen molar-refractivity contribution in [1.82, 2.24) is 4.31 Å². The van der Waals surface area contributed by atoms with Crippen molar-refractivity contribution in [2.45, 2.75) is 24.0 Å². The average molecular weight is 399 g/mol. The van der Waals surface area contributed by atoms with E-state index < -0.39 is 10.0 Å². The van der Waals surface area contributed by atoms with Crippen LogP contribution in [0.15, 0.2) is 39.9 Å². The number of aryl methyl sites for hydroxylation is 1. The Morgan fingerprint density at radius 1 is 1.36 bits per heavy atom. The van der Waals surface area contributed by atoms with Crippen LogP contribution in [0.4, 0.5) is 5.69 Å². The number of sulfonamides is 1. The van der Waals surface area contributed by atoms with Gasteiger partial charge in [-0.1, -0.05) is 23.7 Å². The molecule has 3 rings (SSSR count). The minimum absolute atomic E-state index is 0.170. The first kappa shape index (κ1) is 18.4. The maximum Gasteiger partial charge on any atom is 0.252 e. The molecule has 1 unspecified atom stereocenters. The second kappa shape index (κ2) is 7.45. The van der Waals surface area contributed by atoms with Crippen LogP contribution in [-0.2, 0) is 14.8 Å². The van der Waals surface area contributed by atoms with Gasteiger partial charge in [0.25, 0.3) is 10.0 Å². The largest absolute Gasteiger partial charge is 0.326 e. The van der Waals surface area contributed by atoms with Crippen LogP contribution < -0.4 is 5.32 Å². The molecule has 134 valence electrons. The Hall–Kier alpha value is -1.41. The number of nitrogens with zero attached hydrogens (tertiary/aromatic N) is 1. The number of hydrogen-bond donors (Lipinski definition) is 1. The van der Waals surface area contributed by atoms with E-state index in [-0.39, 0.29) is 18.4 Å². The van der Waals surface area contributed by atoms with Crippen LogP contribution in [0.3, 0.4) is 0 Å². The fraction of sp³-hybridized carbons (Fsp3) is 0.353. The van der Waals surface area contributed by atoms with Gasteiger partial charge in [0.2, 0.25) is 5.91 Å². The van der Waals surface area contributed by atoms with Crippen molar-refractivity contribution in [3.05, 3.63) is 46.3 Å². The van der Waals surface area contributed by atoms with E-state index in [4.69, 9.17) is 11.6 Å². The van der Waals surface area contributed by atoms with Crippen LogP contribution in [0.5, 0.6) is 0 Å². The maximum absolute atomic E-state index is 12.7. The van der Waals surface area contributed by atoms with E-state index in [2.05, 4.69) is 5.32 Å². The molecule has 1 aromatic carbocycles. The summed E-state index contributed by atoms with van der Waals surface area (Å²) in [6, 6.07) is 8.62. The number of benzene rings is 1. The van der Waals surface area contributed by atoms with Crippen LogP contribution in [0, 0.1) is 12.8 Å². The summed E-state index contributed by atoms with van der Waals surface area (Å²) in [4.78, 5) is 12.6. The van der Waals surface area contributed by atoms with Gasteiger partial charge in [-0.3, -0.25) is 4.79 Å². The fourth-order valence-electron chi connectivity index (χ4n) is 2.88. The Morgan fingerprint density at radius 2 is 2.16 bits per heavy atom. The van der Waals surface area contributed by atoms with Crippen LogP contribution in [0.1, 0.15) is 18.4 Å². The van der Waals surface area contributed by atoms with Crippen LogP contribution >= 0.6 is 22.9 Å².